The van der Waals surface area contributed by atoms with E-state index in [2.05, 4.69) is 20.0 Å². The maximum Gasteiger partial charge on any atom is 0.314 e. The Morgan fingerprint density at radius 1 is 0.905 bits per heavy atom. The van der Waals surface area contributed by atoms with E-state index in [9.17, 15) is 42.4 Å². The Balaban J connectivity index is 0.000000183. The third-order valence-corrected chi connectivity index (χ3v) is 12.7. The Hall–Kier alpha value is -7.77. The van der Waals surface area contributed by atoms with Crippen molar-refractivity contribution >= 4 is 27.2 Å². The Morgan fingerprint density at radius 3 is 2.16 bits per heavy atom. The second kappa shape index (κ2) is 24.3. The zero-order valence-electron chi connectivity index (χ0n) is 42.8. The summed E-state index contributed by atoms with van der Waals surface area (Å²) in [4.78, 5) is 47.7. The summed E-state index contributed by atoms with van der Waals surface area (Å²) < 4.78 is 53.4. The van der Waals surface area contributed by atoms with Gasteiger partial charge in [0.2, 0.25) is 21.6 Å². The second-order valence-electron chi connectivity index (χ2n) is 19.0. The van der Waals surface area contributed by atoms with E-state index in [1.165, 1.54) is 41.1 Å². The van der Waals surface area contributed by atoms with Gasteiger partial charge in [-0.3, -0.25) is 29.2 Å². The van der Waals surface area contributed by atoms with Crippen LogP contribution in [0.3, 0.4) is 0 Å². The monoisotopic (exact) mass is 1030 g/mol. The Kier molecular flexibility index (Phi) is 18.2. The van der Waals surface area contributed by atoms with Crippen LogP contribution in [-0.2, 0) is 23.5 Å². The molecule has 1 aliphatic carbocycles. The smallest absolute Gasteiger partial charge is 0.314 e. The molecule has 0 spiro atoms. The van der Waals surface area contributed by atoms with Crippen LogP contribution in [-0.4, -0.2) is 73.3 Å². The number of nitro groups is 1. The lowest BCUT2D eigenvalue weighted by molar-refractivity contribution is -0.386. The molecule has 7 aromatic rings. The van der Waals surface area contributed by atoms with Crippen molar-refractivity contribution in [3.8, 4) is 28.3 Å². The lowest BCUT2D eigenvalue weighted by Gasteiger charge is -2.24. The fourth-order valence-corrected chi connectivity index (χ4v) is 8.67. The number of H-pyrrole nitrogens is 1. The number of hydrogen-bond donors (Lipinski definition) is 3. The van der Waals surface area contributed by atoms with Crippen molar-refractivity contribution in [2.45, 2.75) is 98.2 Å². The van der Waals surface area contributed by atoms with E-state index in [1.807, 2.05) is 87.0 Å². The van der Waals surface area contributed by atoms with Gasteiger partial charge in [0.1, 0.15) is 5.82 Å². The average Bonchev–Trinajstić information content (AvgIpc) is 3.62. The van der Waals surface area contributed by atoms with Gasteiger partial charge in [0, 0.05) is 48.8 Å². The molecule has 0 amide bonds. The molecule has 3 N–H and O–H groups in total. The third kappa shape index (κ3) is 15.1. The summed E-state index contributed by atoms with van der Waals surface area (Å²) in [5.41, 5.74) is 6.80. The Bertz CT molecular complexity index is 3320. The van der Waals surface area contributed by atoms with E-state index < -0.39 is 26.1 Å². The number of carbonyl (C=O) groups is 1. The van der Waals surface area contributed by atoms with E-state index in [-0.39, 0.29) is 52.7 Å². The van der Waals surface area contributed by atoms with Crippen molar-refractivity contribution in [2.75, 3.05) is 17.6 Å². The third-order valence-electron chi connectivity index (χ3n) is 12.1. The number of nitro benzene ring substituents is 1. The van der Waals surface area contributed by atoms with Gasteiger partial charge in [0.15, 0.2) is 5.75 Å². The van der Waals surface area contributed by atoms with Crippen LogP contribution in [0.5, 0.6) is 11.5 Å². The van der Waals surface area contributed by atoms with E-state index in [0.717, 1.165) is 72.0 Å². The van der Waals surface area contributed by atoms with Gasteiger partial charge in [-0.15, -0.1) is 0 Å². The molecule has 3 aromatic heterocycles. The molecule has 1 saturated carbocycles. The molecule has 19 heteroatoms. The molecule has 0 unspecified atom stereocenters. The van der Waals surface area contributed by atoms with Crippen LogP contribution >= 0.6 is 0 Å². The summed E-state index contributed by atoms with van der Waals surface area (Å²) in [5, 5.41) is 31.8. The molecule has 0 aliphatic heterocycles. The van der Waals surface area contributed by atoms with Crippen LogP contribution in [0, 0.1) is 43.6 Å². The van der Waals surface area contributed by atoms with E-state index in [1.54, 1.807) is 39.1 Å². The van der Waals surface area contributed by atoms with Gasteiger partial charge < -0.3 is 19.1 Å². The second-order valence-corrected chi connectivity index (χ2v) is 20.7. The molecule has 0 saturated heterocycles. The number of aromatic amines is 1. The van der Waals surface area contributed by atoms with Gasteiger partial charge in [-0.2, -0.15) is 14.9 Å². The maximum absolute atomic E-state index is 13.6. The van der Waals surface area contributed by atoms with Crippen LogP contribution in [0.15, 0.2) is 119 Å². The summed E-state index contributed by atoms with van der Waals surface area (Å²) >= 11 is 0. The van der Waals surface area contributed by atoms with Crippen molar-refractivity contribution in [3.63, 3.8) is 0 Å². The molecule has 17 nitrogen and oxygen atoms in total. The number of benzene rings is 4. The van der Waals surface area contributed by atoms with Crippen LogP contribution in [0.25, 0.3) is 16.8 Å². The SMILES string of the molecule is CS(=O)(=O)Nc1cccc([N+](=O)[O-])c1OC1CCCCC1.Cc1ccc(-c2cnn(-c3ccc(F)c(C)c3)c(=O)c2OCCC(C)(C)O)cc1.Cc1ccc(C(=O)c2c(C)cc(Cc3ccc(=O)[nH]n3)n2C)cc1. The van der Waals surface area contributed by atoms with Gasteiger partial charge in [0.25, 0.3) is 5.56 Å². The Labute approximate surface area is 429 Å². The number of aromatic nitrogens is 5. The molecular weight excluding hydrogens is 970 g/mol. The molecule has 0 radical (unpaired) electrons. The van der Waals surface area contributed by atoms with Crippen LogP contribution in [0.2, 0.25) is 0 Å². The van der Waals surface area contributed by atoms with Crippen molar-refractivity contribution in [2.24, 2.45) is 7.05 Å². The van der Waals surface area contributed by atoms with Gasteiger partial charge in [0.05, 0.1) is 58.5 Å². The van der Waals surface area contributed by atoms with E-state index in [0.29, 0.717) is 40.9 Å². The number of aliphatic hydroxyl groups is 1. The quantitative estimate of drug-likeness (QED) is 0.0495. The van der Waals surface area contributed by atoms with Crippen LogP contribution < -0.4 is 25.3 Å². The number of para-hydroxylation sites is 1. The van der Waals surface area contributed by atoms with Gasteiger partial charge >= 0.3 is 11.2 Å². The molecular formula is C55H62FN7O10S. The topological polar surface area (TPSA) is 231 Å². The van der Waals surface area contributed by atoms with Gasteiger partial charge in [-0.25, -0.2) is 17.9 Å². The molecule has 1 fully saturated rings. The zero-order valence-corrected chi connectivity index (χ0v) is 43.6. The lowest BCUT2D eigenvalue weighted by atomic mass is 9.98. The molecule has 0 bridgehead atoms. The van der Waals surface area contributed by atoms with Crippen molar-refractivity contribution in [1.29, 1.82) is 0 Å². The average molecular weight is 1030 g/mol. The standard InChI is InChI=1S/C23H25FN2O3.C19H19N3O2.C13H18N2O5S/c1-15-5-7-17(8-6-15)19-14-25-26(18-9-10-20(24)16(2)13-18)22(27)21(19)29-12-11-23(3,4)28;1-12-4-6-14(7-5-12)19(24)18-13(2)10-16(22(18)3)11-15-8-9-17(23)21-20-15;1-21(18,19)14-11-8-5-9-12(15(16)17)13(11)20-10-6-3-2-4-7-10/h5-10,13-14,28H,11-12H2,1-4H3;4-10H,11H2,1-3H3,(H,21,23);5,8-10,14H,2-4,6-7H2,1H3. The molecule has 4 aromatic carbocycles. The molecule has 8 rings (SSSR count). The highest BCUT2D eigenvalue weighted by Gasteiger charge is 2.26. The number of halogens is 1. The Morgan fingerprint density at radius 2 is 1.57 bits per heavy atom. The number of ketones is 1. The first-order chi connectivity index (χ1) is 35.0. The normalized spacial score (nSPS) is 12.7. The fourth-order valence-electron chi connectivity index (χ4n) is 8.11. The minimum absolute atomic E-state index is 0.000162. The van der Waals surface area contributed by atoms with Crippen molar-refractivity contribution in [3.05, 3.63) is 191 Å². The number of anilines is 1. The molecule has 74 heavy (non-hydrogen) atoms. The summed E-state index contributed by atoms with van der Waals surface area (Å²) in [6.45, 7) is 11.1. The van der Waals surface area contributed by atoms with Crippen LogP contribution in [0.1, 0.15) is 102 Å². The molecule has 3 heterocycles. The maximum atomic E-state index is 13.6. The number of rotatable bonds is 15. The predicted molar refractivity (Wildman–Crippen MR) is 283 cm³/mol. The van der Waals surface area contributed by atoms with Gasteiger partial charge in [-0.1, -0.05) is 72.1 Å². The van der Waals surface area contributed by atoms with Crippen molar-refractivity contribution < 1.29 is 37.1 Å². The fraction of sp³-hybridized carbons (Fsp3) is 0.327. The highest BCUT2D eigenvalue weighted by atomic mass is 32.2. The van der Waals surface area contributed by atoms with E-state index in [4.69, 9.17) is 9.47 Å². The van der Waals surface area contributed by atoms with Crippen LogP contribution in [0.4, 0.5) is 15.8 Å². The summed E-state index contributed by atoms with van der Waals surface area (Å²) in [6.07, 6.45) is 8.17. The first kappa shape index (κ1) is 55.5. The highest BCUT2D eigenvalue weighted by Crippen LogP contribution is 2.38. The first-order valence-corrected chi connectivity index (χ1v) is 25.9. The van der Waals surface area contributed by atoms with E-state index >= 15 is 0 Å². The number of aryl methyl sites for hydroxylation is 4. The number of sulfonamides is 1. The summed E-state index contributed by atoms with van der Waals surface area (Å²) in [6, 6.07) is 29.0. The number of carbonyl (C=O) groups excluding carboxylic acids is 1. The lowest BCUT2D eigenvalue weighted by Crippen LogP contribution is -2.26. The molecule has 0 atom stereocenters. The minimum Gasteiger partial charge on any atom is -0.487 e. The predicted octanol–water partition coefficient (Wildman–Crippen LogP) is 9.42. The number of hydrogen-bond acceptors (Lipinski definition) is 12. The van der Waals surface area contributed by atoms with Gasteiger partial charge in [-0.05, 0) is 120 Å². The number of nitrogens with zero attached hydrogens (tertiary/aromatic N) is 5. The zero-order chi connectivity index (χ0) is 53.9. The van der Waals surface area contributed by atoms with Crippen molar-refractivity contribution in [1.82, 2.24) is 24.5 Å². The summed E-state index contributed by atoms with van der Waals surface area (Å²) in [5.74, 6) is -0.190. The molecule has 1 aliphatic rings. The largest absolute Gasteiger partial charge is 0.487 e. The minimum atomic E-state index is -3.54. The summed E-state index contributed by atoms with van der Waals surface area (Å²) in [7, 11) is -1.65. The number of ether oxygens (including phenoxy) is 2. The highest BCUT2D eigenvalue weighted by molar-refractivity contribution is 7.92. The number of nitrogens with one attached hydrogen (secondary N) is 2. The molecule has 390 valence electrons. The first-order valence-electron chi connectivity index (χ1n) is 24.0.